The first-order chi connectivity index (χ1) is 29.0. The standard InChI is InChI=1S/C42H58N6O11S/c49-37-36-23-33(59-41(53)47-25-28-12-13-32(22-29(28)26-47)57-21-18-46-16-19-56-20-17-46)27-48(36)38(50)35(43-40(52)58-31-9-6-7-10-31)11-5-3-1-2-4-8-30-24-42(30,44-37)39(51)45-60(54,55)34-14-15-34/h4,8,12-13,22,30-31,33-36H,1-3,5-7,9-11,14-21,23-27H2,(H,43,52)(H,44,49)(H,45,51)/b8-4-/t30-,33-,35+,36+,42-/m1/s1. The number of hydrogen-bond donors (Lipinski definition) is 3. The Morgan fingerprint density at radius 2 is 1.68 bits per heavy atom. The second-order valence-electron chi connectivity index (χ2n) is 17.4. The zero-order chi connectivity index (χ0) is 41.9. The number of amides is 5. The van der Waals surface area contributed by atoms with E-state index in [0.717, 1.165) is 69.3 Å². The molecule has 0 radical (unpaired) electrons. The number of carbonyl (C=O) groups is 5. The molecule has 3 aliphatic carbocycles. The van der Waals surface area contributed by atoms with Gasteiger partial charge in [0.2, 0.25) is 21.8 Å². The summed E-state index contributed by atoms with van der Waals surface area (Å²) in [5.41, 5.74) is 0.358. The van der Waals surface area contributed by atoms with Crippen LogP contribution in [0.15, 0.2) is 30.4 Å². The summed E-state index contributed by atoms with van der Waals surface area (Å²) in [4.78, 5) is 74.7. The van der Waals surface area contributed by atoms with E-state index in [-0.39, 0.29) is 25.5 Å². The molecule has 17 nitrogen and oxygen atoms in total. The molecule has 0 bridgehead atoms. The summed E-state index contributed by atoms with van der Waals surface area (Å²) >= 11 is 0. The Labute approximate surface area is 351 Å². The number of benzene rings is 1. The highest BCUT2D eigenvalue weighted by molar-refractivity contribution is 7.91. The summed E-state index contributed by atoms with van der Waals surface area (Å²) in [6.45, 7) is 4.97. The van der Waals surface area contributed by atoms with E-state index < -0.39 is 74.8 Å². The Morgan fingerprint density at radius 3 is 2.47 bits per heavy atom. The van der Waals surface area contributed by atoms with E-state index in [2.05, 4.69) is 20.3 Å². The molecule has 328 valence electrons. The van der Waals surface area contributed by atoms with Gasteiger partial charge in [-0.3, -0.25) is 28.9 Å². The van der Waals surface area contributed by atoms with Gasteiger partial charge in [0.25, 0.3) is 5.91 Å². The Bertz CT molecular complexity index is 1930. The Hall–Kier alpha value is -4.42. The Kier molecular flexibility index (Phi) is 12.9. The van der Waals surface area contributed by atoms with E-state index in [1.54, 1.807) is 4.90 Å². The van der Waals surface area contributed by atoms with Crippen LogP contribution in [0.25, 0.3) is 0 Å². The van der Waals surface area contributed by atoms with Crippen molar-refractivity contribution in [2.24, 2.45) is 5.92 Å². The third-order valence-electron chi connectivity index (χ3n) is 12.9. The molecule has 3 saturated carbocycles. The minimum absolute atomic E-state index is 0.0664. The summed E-state index contributed by atoms with van der Waals surface area (Å²) in [5, 5.41) is 4.99. The van der Waals surface area contributed by atoms with Crippen LogP contribution in [0, 0.1) is 5.92 Å². The van der Waals surface area contributed by atoms with Crippen molar-refractivity contribution in [1.29, 1.82) is 0 Å². The van der Waals surface area contributed by atoms with Gasteiger partial charge in [-0.05, 0) is 87.5 Å². The third-order valence-corrected chi connectivity index (χ3v) is 14.7. The average molecular weight is 855 g/mol. The summed E-state index contributed by atoms with van der Waals surface area (Å²) < 4.78 is 51.1. The fourth-order valence-corrected chi connectivity index (χ4v) is 10.5. The number of rotatable bonds is 10. The first-order valence-corrected chi connectivity index (χ1v) is 23.3. The van der Waals surface area contributed by atoms with Gasteiger partial charge in [-0.1, -0.05) is 31.1 Å². The molecule has 8 rings (SSSR count). The first-order valence-electron chi connectivity index (χ1n) is 21.8. The minimum Gasteiger partial charge on any atom is -0.492 e. The topological polar surface area (TPSA) is 202 Å². The van der Waals surface area contributed by atoms with Crippen molar-refractivity contribution < 1.29 is 51.3 Å². The lowest BCUT2D eigenvalue weighted by Gasteiger charge is -2.30. The smallest absolute Gasteiger partial charge is 0.410 e. The summed E-state index contributed by atoms with van der Waals surface area (Å²) in [5.74, 6) is -1.75. The highest BCUT2D eigenvalue weighted by atomic mass is 32.2. The van der Waals surface area contributed by atoms with Crippen molar-refractivity contribution >= 4 is 39.9 Å². The molecule has 0 aromatic heterocycles. The van der Waals surface area contributed by atoms with Crippen LogP contribution in [0.4, 0.5) is 9.59 Å². The summed E-state index contributed by atoms with van der Waals surface area (Å²) in [6.07, 6.45) is 8.99. The molecule has 7 aliphatic rings. The van der Waals surface area contributed by atoms with Crippen molar-refractivity contribution in [1.82, 2.24) is 30.1 Å². The quantitative estimate of drug-likeness (QED) is 0.291. The highest BCUT2D eigenvalue weighted by Crippen LogP contribution is 2.46. The molecule has 2 saturated heterocycles. The van der Waals surface area contributed by atoms with Crippen LogP contribution in [0.1, 0.15) is 94.6 Å². The number of fused-ring (bicyclic) bond motifs is 3. The van der Waals surface area contributed by atoms with E-state index in [4.69, 9.17) is 18.9 Å². The largest absolute Gasteiger partial charge is 0.492 e. The van der Waals surface area contributed by atoms with Gasteiger partial charge in [-0.2, -0.15) is 0 Å². The Balaban J connectivity index is 0.966. The summed E-state index contributed by atoms with van der Waals surface area (Å²) in [6, 6.07) is 3.57. The van der Waals surface area contributed by atoms with Crippen LogP contribution >= 0.6 is 0 Å². The van der Waals surface area contributed by atoms with Crippen LogP contribution in [0.5, 0.6) is 5.75 Å². The fraction of sp³-hybridized carbons (Fsp3) is 0.690. The molecule has 0 unspecified atom stereocenters. The minimum atomic E-state index is -3.91. The number of morpholine rings is 1. The third kappa shape index (κ3) is 10.0. The lowest BCUT2D eigenvalue weighted by molar-refractivity contribution is -0.141. The molecule has 5 fully saturated rings. The van der Waals surface area contributed by atoms with Crippen molar-refractivity contribution in [3.05, 3.63) is 41.5 Å². The fourth-order valence-electron chi connectivity index (χ4n) is 9.11. The van der Waals surface area contributed by atoms with Gasteiger partial charge in [0, 0.05) is 45.1 Å². The van der Waals surface area contributed by atoms with Gasteiger partial charge in [0.1, 0.15) is 42.2 Å². The van der Waals surface area contributed by atoms with Gasteiger partial charge in [0.15, 0.2) is 0 Å². The van der Waals surface area contributed by atoms with Crippen molar-refractivity contribution in [3.63, 3.8) is 0 Å². The van der Waals surface area contributed by atoms with Crippen molar-refractivity contribution in [2.75, 3.05) is 46.0 Å². The molecular weight excluding hydrogens is 797 g/mol. The maximum atomic E-state index is 14.5. The number of nitrogens with one attached hydrogen (secondary N) is 3. The van der Waals surface area contributed by atoms with Crippen LogP contribution in [0.3, 0.4) is 0 Å². The molecule has 4 aliphatic heterocycles. The van der Waals surface area contributed by atoms with E-state index in [0.29, 0.717) is 70.8 Å². The monoisotopic (exact) mass is 854 g/mol. The molecule has 1 aromatic rings. The zero-order valence-corrected chi connectivity index (χ0v) is 35.0. The number of ether oxygens (including phenoxy) is 4. The number of carbonyl (C=O) groups excluding carboxylic acids is 5. The van der Waals surface area contributed by atoms with Crippen LogP contribution in [-0.2, 0) is 51.7 Å². The molecular formula is C42H58N6O11S. The molecule has 5 atom stereocenters. The lowest BCUT2D eigenvalue weighted by atomic mass is 10.0. The molecule has 5 amide bonds. The number of allylic oxidation sites excluding steroid dienone is 1. The molecule has 3 N–H and O–H groups in total. The maximum absolute atomic E-state index is 14.5. The van der Waals surface area contributed by atoms with E-state index >= 15 is 0 Å². The second-order valence-corrected chi connectivity index (χ2v) is 19.3. The number of nitrogens with zero attached hydrogens (tertiary/aromatic N) is 3. The van der Waals surface area contributed by atoms with E-state index in [1.807, 2.05) is 30.4 Å². The Morgan fingerprint density at radius 1 is 0.917 bits per heavy atom. The second kappa shape index (κ2) is 18.3. The van der Waals surface area contributed by atoms with Gasteiger partial charge in [-0.15, -0.1) is 0 Å². The molecule has 18 heteroatoms. The predicted molar refractivity (Wildman–Crippen MR) is 216 cm³/mol. The van der Waals surface area contributed by atoms with Gasteiger partial charge >= 0.3 is 12.2 Å². The van der Waals surface area contributed by atoms with Gasteiger partial charge in [0.05, 0.1) is 25.0 Å². The first kappa shape index (κ1) is 42.3. The predicted octanol–water partition coefficient (Wildman–Crippen LogP) is 2.86. The SMILES string of the molecule is O=C(N[C@H]1CCCCC/C=C\[C@@H]2C[C@@]2(C(=O)NS(=O)(=O)C2CC2)NC(=O)[C@@H]2C[C@@H](OC(=O)N3Cc4ccc(OCCN5CCOCC5)cc4C3)CN2C1=O)OC1CCCC1. The lowest BCUT2D eigenvalue weighted by Crippen LogP contribution is -2.58. The molecule has 4 heterocycles. The number of sulfonamides is 1. The normalized spacial score (nSPS) is 29.5. The van der Waals surface area contributed by atoms with Crippen LogP contribution in [0.2, 0.25) is 0 Å². The van der Waals surface area contributed by atoms with Crippen molar-refractivity contribution in [3.8, 4) is 5.75 Å². The van der Waals surface area contributed by atoms with E-state index in [9.17, 15) is 32.4 Å². The maximum Gasteiger partial charge on any atom is 0.410 e. The zero-order valence-electron chi connectivity index (χ0n) is 34.1. The highest BCUT2D eigenvalue weighted by Gasteiger charge is 2.62. The molecule has 60 heavy (non-hydrogen) atoms. The average Bonchev–Trinajstić information content (AvgIpc) is 4.02. The van der Waals surface area contributed by atoms with Gasteiger partial charge < -0.3 is 34.5 Å². The van der Waals surface area contributed by atoms with Gasteiger partial charge in [-0.25, -0.2) is 18.0 Å². The van der Waals surface area contributed by atoms with Crippen molar-refractivity contribution in [2.45, 2.75) is 132 Å². The summed E-state index contributed by atoms with van der Waals surface area (Å²) in [7, 11) is -3.91. The van der Waals surface area contributed by atoms with Crippen LogP contribution < -0.4 is 20.1 Å². The van der Waals surface area contributed by atoms with E-state index in [1.165, 1.54) is 4.90 Å². The van der Waals surface area contributed by atoms with Crippen LogP contribution in [-0.4, -0.2) is 134 Å². The molecule has 0 spiro atoms. The molecule has 1 aromatic carbocycles. The number of hydrogen-bond acceptors (Lipinski definition) is 12. The number of alkyl carbamates (subject to hydrolysis) is 1.